The van der Waals surface area contributed by atoms with Crippen LogP contribution in [0.25, 0.3) is 0 Å². The van der Waals surface area contributed by atoms with Gasteiger partial charge in [0, 0.05) is 5.56 Å². The normalized spacial score (nSPS) is 16.2. The van der Waals surface area contributed by atoms with Gasteiger partial charge in [0.2, 0.25) is 5.91 Å². The van der Waals surface area contributed by atoms with Gasteiger partial charge in [-0.15, -0.1) is 5.10 Å². The van der Waals surface area contributed by atoms with E-state index in [1.54, 1.807) is 24.3 Å². The Morgan fingerprint density at radius 1 is 1.52 bits per heavy atom. The number of hydrogen-bond acceptors (Lipinski definition) is 7. The van der Waals surface area contributed by atoms with Crippen LogP contribution >= 0.6 is 11.8 Å². The summed E-state index contributed by atoms with van der Waals surface area (Å²) in [6.45, 7) is 0.547. The first-order valence-corrected chi connectivity index (χ1v) is 7.76. The molecule has 0 saturated carbocycles. The number of carbonyl (C=O) groups excluding carboxylic acids is 1. The van der Waals surface area contributed by atoms with Gasteiger partial charge in [0.25, 0.3) is 0 Å². The molecule has 0 radical (unpaired) electrons. The molecule has 118 valence electrons. The monoisotopic (exact) mass is 330 g/mol. The Labute approximate surface area is 136 Å². The SMILES string of the molecule is COc1ccc(C=NN=C2NC(=O)CS2)cc1Cn1cncn1. The van der Waals surface area contributed by atoms with Crippen LogP contribution in [-0.2, 0) is 11.3 Å². The van der Waals surface area contributed by atoms with E-state index in [9.17, 15) is 4.79 Å². The lowest BCUT2D eigenvalue weighted by atomic mass is 10.1. The number of benzene rings is 1. The van der Waals surface area contributed by atoms with Crippen LogP contribution in [-0.4, -0.2) is 44.9 Å². The van der Waals surface area contributed by atoms with Gasteiger partial charge < -0.3 is 10.1 Å². The number of amides is 1. The molecular formula is C14H14N6O2S. The molecule has 1 aliphatic rings. The van der Waals surface area contributed by atoms with Crippen LogP contribution in [0.2, 0.25) is 0 Å². The van der Waals surface area contributed by atoms with Crippen molar-refractivity contribution in [1.29, 1.82) is 0 Å². The van der Waals surface area contributed by atoms with Crippen molar-refractivity contribution in [2.45, 2.75) is 6.54 Å². The lowest BCUT2D eigenvalue weighted by Crippen LogP contribution is -2.19. The molecule has 23 heavy (non-hydrogen) atoms. The molecule has 1 fully saturated rings. The Morgan fingerprint density at radius 3 is 3.13 bits per heavy atom. The number of nitrogens with one attached hydrogen (secondary N) is 1. The third-order valence-electron chi connectivity index (χ3n) is 3.05. The van der Waals surface area contributed by atoms with E-state index < -0.39 is 0 Å². The zero-order valence-corrected chi connectivity index (χ0v) is 13.2. The van der Waals surface area contributed by atoms with Crippen LogP contribution < -0.4 is 10.1 Å². The molecule has 1 amide bonds. The highest BCUT2D eigenvalue weighted by atomic mass is 32.2. The highest BCUT2D eigenvalue weighted by Gasteiger charge is 2.15. The number of carbonyl (C=O) groups is 1. The van der Waals surface area contributed by atoms with Crippen LogP contribution in [0.5, 0.6) is 5.75 Å². The minimum atomic E-state index is -0.0523. The van der Waals surface area contributed by atoms with Crippen molar-refractivity contribution < 1.29 is 9.53 Å². The molecule has 1 aromatic heterocycles. The van der Waals surface area contributed by atoms with E-state index in [-0.39, 0.29) is 5.91 Å². The molecule has 8 nitrogen and oxygen atoms in total. The number of nitrogens with zero attached hydrogens (tertiary/aromatic N) is 5. The fourth-order valence-electron chi connectivity index (χ4n) is 2.02. The molecule has 0 aliphatic carbocycles. The Bertz CT molecular complexity index is 757. The van der Waals surface area contributed by atoms with E-state index in [4.69, 9.17) is 4.74 Å². The number of amidine groups is 1. The molecule has 2 heterocycles. The predicted octanol–water partition coefficient (Wildman–Crippen LogP) is 0.888. The minimum Gasteiger partial charge on any atom is -0.496 e. The summed E-state index contributed by atoms with van der Waals surface area (Å²) in [4.78, 5) is 15.0. The third kappa shape index (κ3) is 3.95. The molecule has 1 aliphatic heterocycles. The summed E-state index contributed by atoms with van der Waals surface area (Å²) in [5.74, 6) is 1.10. The summed E-state index contributed by atoms with van der Waals surface area (Å²) in [7, 11) is 1.62. The summed E-state index contributed by atoms with van der Waals surface area (Å²) >= 11 is 1.33. The fraction of sp³-hybridized carbons (Fsp3) is 0.214. The van der Waals surface area contributed by atoms with Gasteiger partial charge in [-0.25, -0.2) is 9.67 Å². The highest BCUT2D eigenvalue weighted by molar-refractivity contribution is 8.15. The smallest absolute Gasteiger partial charge is 0.236 e. The Morgan fingerprint density at radius 2 is 2.43 bits per heavy atom. The van der Waals surface area contributed by atoms with Crippen molar-refractivity contribution in [3.8, 4) is 5.75 Å². The zero-order chi connectivity index (χ0) is 16.1. The van der Waals surface area contributed by atoms with Crippen molar-refractivity contribution in [3.63, 3.8) is 0 Å². The average molecular weight is 330 g/mol. The highest BCUT2D eigenvalue weighted by Crippen LogP contribution is 2.20. The Balaban J connectivity index is 1.76. The van der Waals surface area contributed by atoms with E-state index in [0.29, 0.717) is 17.5 Å². The van der Waals surface area contributed by atoms with E-state index >= 15 is 0 Å². The second-order valence-corrected chi connectivity index (χ2v) is 5.61. The molecule has 0 spiro atoms. The maximum Gasteiger partial charge on any atom is 0.236 e. The fourth-order valence-corrected chi connectivity index (χ4v) is 2.65. The second kappa shape index (κ2) is 7.05. The molecular weight excluding hydrogens is 316 g/mol. The van der Waals surface area contributed by atoms with Gasteiger partial charge in [-0.05, 0) is 23.8 Å². The topological polar surface area (TPSA) is 93.8 Å². The Hall–Kier alpha value is -2.68. The van der Waals surface area contributed by atoms with Gasteiger partial charge in [0.05, 0.1) is 25.6 Å². The Kier molecular flexibility index (Phi) is 4.67. The first-order chi connectivity index (χ1) is 11.2. The molecule has 0 atom stereocenters. The van der Waals surface area contributed by atoms with Crippen molar-refractivity contribution in [3.05, 3.63) is 42.0 Å². The van der Waals surface area contributed by atoms with Crippen LogP contribution in [0.1, 0.15) is 11.1 Å². The lowest BCUT2D eigenvalue weighted by molar-refractivity contribution is -0.116. The summed E-state index contributed by atoms with van der Waals surface area (Å²) in [6, 6.07) is 5.70. The lowest BCUT2D eigenvalue weighted by Gasteiger charge is -2.09. The number of ether oxygens (including phenoxy) is 1. The second-order valence-electron chi connectivity index (χ2n) is 4.65. The number of aromatic nitrogens is 3. The number of rotatable bonds is 5. The van der Waals surface area contributed by atoms with Gasteiger partial charge in [-0.3, -0.25) is 4.79 Å². The van der Waals surface area contributed by atoms with Crippen LogP contribution in [0, 0.1) is 0 Å². The summed E-state index contributed by atoms with van der Waals surface area (Å²) in [5.41, 5.74) is 1.83. The molecule has 9 heteroatoms. The first kappa shape index (κ1) is 15.2. The predicted molar refractivity (Wildman–Crippen MR) is 87.7 cm³/mol. The van der Waals surface area contributed by atoms with Crippen LogP contribution in [0.3, 0.4) is 0 Å². The van der Waals surface area contributed by atoms with E-state index in [2.05, 4.69) is 25.6 Å². The first-order valence-electron chi connectivity index (χ1n) is 6.77. The van der Waals surface area contributed by atoms with Gasteiger partial charge in [-0.2, -0.15) is 10.2 Å². The summed E-state index contributed by atoms with van der Waals surface area (Å²) < 4.78 is 7.07. The van der Waals surface area contributed by atoms with Crippen molar-refractivity contribution in [1.82, 2.24) is 20.1 Å². The largest absolute Gasteiger partial charge is 0.496 e. The molecule has 1 saturated heterocycles. The van der Waals surface area contributed by atoms with E-state index in [1.165, 1.54) is 18.1 Å². The molecule has 1 N–H and O–H groups in total. The van der Waals surface area contributed by atoms with Crippen LogP contribution in [0.4, 0.5) is 0 Å². The maximum absolute atomic E-state index is 11.1. The summed E-state index contributed by atoms with van der Waals surface area (Å²) in [5, 5.41) is 15.2. The molecule has 2 aromatic rings. The van der Waals surface area contributed by atoms with Crippen molar-refractivity contribution in [2.75, 3.05) is 12.9 Å². The molecule has 1 aromatic carbocycles. The van der Waals surface area contributed by atoms with Crippen LogP contribution in [0.15, 0.2) is 41.1 Å². The van der Waals surface area contributed by atoms with Crippen molar-refractivity contribution >= 4 is 29.1 Å². The number of methoxy groups -OCH3 is 1. The number of hydrogen-bond donors (Lipinski definition) is 1. The van der Waals surface area contributed by atoms with E-state index in [0.717, 1.165) is 16.9 Å². The summed E-state index contributed by atoms with van der Waals surface area (Å²) in [6.07, 6.45) is 4.76. The minimum absolute atomic E-state index is 0.0523. The van der Waals surface area contributed by atoms with Gasteiger partial charge in [0.1, 0.15) is 18.4 Å². The standard InChI is InChI=1S/C14H14N6O2S/c1-22-12-3-2-10(4-11(12)6-20-9-15-8-17-20)5-16-19-14-18-13(21)7-23-14/h2-5,8-9H,6-7H2,1H3,(H,18,19,21). The van der Waals surface area contributed by atoms with Gasteiger partial charge in [0.15, 0.2) is 5.17 Å². The van der Waals surface area contributed by atoms with Gasteiger partial charge in [-0.1, -0.05) is 11.8 Å². The quantitative estimate of drug-likeness (QED) is 0.649. The average Bonchev–Trinajstić information content (AvgIpc) is 3.20. The van der Waals surface area contributed by atoms with E-state index in [1.807, 2.05) is 18.2 Å². The molecule has 0 bridgehead atoms. The zero-order valence-electron chi connectivity index (χ0n) is 12.3. The van der Waals surface area contributed by atoms with Crippen molar-refractivity contribution in [2.24, 2.45) is 10.2 Å². The molecule has 3 rings (SSSR count). The third-order valence-corrected chi connectivity index (χ3v) is 3.91. The van der Waals surface area contributed by atoms with Gasteiger partial charge >= 0.3 is 0 Å². The molecule has 0 unspecified atom stereocenters. The number of thioether (sulfide) groups is 1. The maximum atomic E-state index is 11.1.